The van der Waals surface area contributed by atoms with Gasteiger partial charge in [0.1, 0.15) is 0 Å². The van der Waals surface area contributed by atoms with Crippen LogP contribution in [-0.4, -0.2) is 47.4 Å². The van der Waals surface area contributed by atoms with Gasteiger partial charge in [0.2, 0.25) is 5.91 Å². The van der Waals surface area contributed by atoms with E-state index in [0.29, 0.717) is 19.4 Å². The molecule has 2 unspecified atom stereocenters. The number of hydrogen-bond donors (Lipinski definition) is 3. The molecule has 0 aliphatic rings. The molecule has 1 amide bonds. The molecule has 0 bridgehead atoms. The number of ether oxygens (including phenoxy) is 1. The molecule has 0 rings (SSSR count). The third-order valence-electron chi connectivity index (χ3n) is 15.6. The SMILES string of the molecule is CCCCCC/C=C\C/C=C\CCCCCCCCCC(=O)OCCCCCCCCCCCCCC/C=C\CCCCCCCCCCCCCC(=O)NC(CO)C(O)/C=C/CCCCCCCCCCCCCC. The van der Waals surface area contributed by atoms with Gasteiger partial charge in [-0.15, -0.1) is 0 Å². The van der Waals surface area contributed by atoms with E-state index in [-0.39, 0.29) is 18.5 Å². The summed E-state index contributed by atoms with van der Waals surface area (Å²) in [5.41, 5.74) is 0. The summed E-state index contributed by atoms with van der Waals surface area (Å²) in [6.45, 7) is 4.90. The molecule has 6 heteroatoms. The Balaban J connectivity index is 3.39. The summed E-state index contributed by atoms with van der Waals surface area (Å²) in [5, 5.41) is 23.1. The lowest BCUT2D eigenvalue weighted by atomic mass is 10.0. The minimum Gasteiger partial charge on any atom is -0.466 e. The van der Waals surface area contributed by atoms with Gasteiger partial charge in [0.15, 0.2) is 0 Å². The topological polar surface area (TPSA) is 95.9 Å². The van der Waals surface area contributed by atoms with E-state index in [0.717, 1.165) is 51.4 Å². The lowest BCUT2D eigenvalue weighted by molar-refractivity contribution is -0.143. The number of nitrogens with one attached hydrogen (secondary N) is 1. The summed E-state index contributed by atoms with van der Waals surface area (Å²) in [6.07, 6.45) is 84.6. The molecule has 0 aromatic heterocycles. The summed E-state index contributed by atoms with van der Waals surface area (Å²) in [4.78, 5) is 24.6. The molecule has 0 radical (unpaired) electrons. The van der Waals surface area contributed by atoms with Gasteiger partial charge in [-0.2, -0.15) is 0 Å². The van der Waals surface area contributed by atoms with E-state index < -0.39 is 12.1 Å². The first-order chi connectivity index (χ1) is 37.5. The van der Waals surface area contributed by atoms with Crippen molar-refractivity contribution >= 4 is 11.9 Å². The number of carbonyl (C=O) groups is 2. The van der Waals surface area contributed by atoms with Crippen LogP contribution in [0.4, 0.5) is 0 Å². The Hall–Kier alpha value is -2.18. The normalized spacial score (nSPS) is 12.8. The van der Waals surface area contributed by atoms with E-state index in [1.54, 1.807) is 6.08 Å². The Bertz CT molecular complexity index is 1270. The molecule has 0 heterocycles. The third-order valence-corrected chi connectivity index (χ3v) is 15.6. The fraction of sp³-hybridized carbons (Fsp3) is 0.857. The molecular formula is C70H131NO5. The second-order valence-corrected chi connectivity index (χ2v) is 23.1. The molecule has 446 valence electrons. The largest absolute Gasteiger partial charge is 0.466 e. The second-order valence-electron chi connectivity index (χ2n) is 23.1. The zero-order chi connectivity index (χ0) is 55.0. The van der Waals surface area contributed by atoms with Crippen molar-refractivity contribution in [2.75, 3.05) is 13.2 Å². The third kappa shape index (κ3) is 61.0. The number of carbonyl (C=O) groups excluding carboxylic acids is 2. The van der Waals surface area contributed by atoms with Gasteiger partial charge in [-0.1, -0.05) is 306 Å². The molecule has 0 spiro atoms. The van der Waals surface area contributed by atoms with Gasteiger partial charge in [0.05, 0.1) is 25.4 Å². The van der Waals surface area contributed by atoms with Gasteiger partial charge in [-0.25, -0.2) is 0 Å². The fourth-order valence-electron chi connectivity index (χ4n) is 10.4. The highest BCUT2D eigenvalue weighted by atomic mass is 16.5. The lowest BCUT2D eigenvalue weighted by Crippen LogP contribution is -2.45. The van der Waals surface area contributed by atoms with E-state index in [2.05, 4.69) is 55.6 Å². The monoisotopic (exact) mass is 1070 g/mol. The molecule has 0 saturated carbocycles. The summed E-state index contributed by atoms with van der Waals surface area (Å²) in [5.74, 6) is -0.0606. The van der Waals surface area contributed by atoms with E-state index in [4.69, 9.17) is 4.74 Å². The van der Waals surface area contributed by atoms with Crippen LogP contribution in [-0.2, 0) is 14.3 Å². The van der Waals surface area contributed by atoms with Crippen LogP contribution in [0.2, 0.25) is 0 Å². The number of allylic oxidation sites excluding steroid dienone is 7. The first-order valence-electron chi connectivity index (χ1n) is 33.9. The Morgan fingerprint density at radius 2 is 0.658 bits per heavy atom. The Kier molecular flexibility index (Phi) is 63.5. The van der Waals surface area contributed by atoms with Crippen molar-refractivity contribution in [3.63, 3.8) is 0 Å². The van der Waals surface area contributed by atoms with Crippen molar-refractivity contribution in [1.29, 1.82) is 0 Å². The predicted molar refractivity (Wildman–Crippen MR) is 333 cm³/mol. The van der Waals surface area contributed by atoms with Crippen molar-refractivity contribution in [2.24, 2.45) is 0 Å². The van der Waals surface area contributed by atoms with Gasteiger partial charge in [-0.3, -0.25) is 9.59 Å². The second kappa shape index (κ2) is 65.3. The molecule has 2 atom stereocenters. The molecule has 0 aromatic carbocycles. The summed E-state index contributed by atoms with van der Waals surface area (Å²) < 4.78 is 5.50. The molecule has 0 aliphatic heterocycles. The van der Waals surface area contributed by atoms with Gasteiger partial charge in [0, 0.05) is 12.8 Å². The molecular weight excluding hydrogens is 935 g/mol. The zero-order valence-electron chi connectivity index (χ0n) is 51.0. The van der Waals surface area contributed by atoms with Crippen LogP contribution in [0, 0.1) is 0 Å². The van der Waals surface area contributed by atoms with E-state index in [9.17, 15) is 19.8 Å². The first-order valence-corrected chi connectivity index (χ1v) is 33.9. The maximum atomic E-state index is 12.5. The van der Waals surface area contributed by atoms with E-state index in [1.165, 1.54) is 283 Å². The van der Waals surface area contributed by atoms with E-state index in [1.807, 2.05) is 6.08 Å². The summed E-state index contributed by atoms with van der Waals surface area (Å²) >= 11 is 0. The van der Waals surface area contributed by atoms with E-state index >= 15 is 0 Å². The van der Waals surface area contributed by atoms with Gasteiger partial charge in [-0.05, 0) is 89.9 Å². The van der Waals surface area contributed by atoms with Crippen LogP contribution < -0.4 is 5.32 Å². The predicted octanol–water partition coefficient (Wildman–Crippen LogP) is 21.7. The molecule has 6 nitrogen and oxygen atoms in total. The first kappa shape index (κ1) is 73.8. The van der Waals surface area contributed by atoms with Gasteiger partial charge in [0.25, 0.3) is 0 Å². The lowest BCUT2D eigenvalue weighted by Gasteiger charge is -2.20. The standard InChI is InChI=1S/C70H131NO5/c1-3-5-7-9-11-13-15-17-19-20-33-36-40-44-48-52-56-60-64-70(75)76-65-61-57-53-49-45-41-37-34-31-29-27-25-23-21-22-24-26-28-30-32-35-39-43-47-51-55-59-63-69(74)71-67(66-72)68(73)62-58-54-50-46-42-38-18-16-14-12-10-8-6-4-2/h13,15,19-22,58,62,67-68,72-73H,3-12,14,16-18,23-57,59-61,63-66H2,1-2H3,(H,71,74)/b15-13-,20-19-,22-21-,62-58+. The minimum absolute atomic E-state index is 0.00735. The van der Waals surface area contributed by atoms with Crippen LogP contribution in [0.25, 0.3) is 0 Å². The van der Waals surface area contributed by atoms with Crippen molar-refractivity contribution in [3.8, 4) is 0 Å². The van der Waals surface area contributed by atoms with Crippen LogP contribution >= 0.6 is 0 Å². The minimum atomic E-state index is -0.845. The number of esters is 1. The van der Waals surface area contributed by atoms with Gasteiger partial charge < -0.3 is 20.3 Å². The molecule has 0 aromatic rings. The van der Waals surface area contributed by atoms with Crippen LogP contribution in [0.15, 0.2) is 48.6 Å². The zero-order valence-corrected chi connectivity index (χ0v) is 51.0. The van der Waals surface area contributed by atoms with Crippen molar-refractivity contribution < 1.29 is 24.5 Å². The van der Waals surface area contributed by atoms with Crippen molar-refractivity contribution in [2.45, 2.75) is 373 Å². The highest BCUT2D eigenvalue weighted by Gasteiger charge is 2.18. The molecule has 0 saturated heterocycles. The van der Waals surface area contributed by atoms with Crippen LogP contribution in [0.5, 0.6) is 0 Å². The number of aliphatic hydroxyl groups is 2. The Morgan fingerprint density at radius 1 is 0.368 bits per heavy atom. The highest BCUT2D eigenvalue weighted by molar-refractivity contribution is 5.76. The average Bonchev–Trinajstić information content (AvgIpc) is 3.42. The fourth-order valence-corrected chi connectivity index (χ4v) is 10.4. The number of hydrogen-bond acceptors (Lipinski definition) is 5. The average molecular weight is 1070 g/mol. The molecule has 3 N–H and O–H groups in total. The highest BCUT2D eigenvalue weighted by Crippen LogP contribution is 2.17. The Labute approximate surface area is 474 Å². The summed E-state index contributed by atoms with van der Waals surface area (Å²) in [7, 11) is 0. The van der Waals surface area contributed by atoms with Crippen molar-refractivity contribution in [3.05, 3.63) is 48.6 Å². The maximum Gasteiger partial charge on any atom is 0.305 e. The molecule has 76 heavy (non-hydrogen) atoms. The quantitative estimate of drug-likeness (QED) is 0.0320. The van der Waals surface area contributed by atoms with Crippen LogP contribution in [0.1, 0.15) is 361 Å². The molecule has 0 aliphatic carbocycles. The number of rotatable bonds is 63. The smallest absolute Gasteiger partial charge is 0.305 e. The number of unbranched alkanes of at least 4 members (excludes halogenated alkanes) is 46. The number of amides is 1. The van der Waals surface area contributed by atoms with Crippen molar-refractivity contribution in [1.82, 2.24) is 5.32 Å². The molecule has 0 fully saturated rings. The Morgan fingerprint density at radius 3 is 1.03 bits per heavy atom. The van der Waals surface area contributed by atoms with Crippen LogP contribution in [0.3, 0.4) is 0 Å². The number of aliphatic hydroxyl groups excluding tert-OH is 2. The van der Waals surface area contributed by atoms with Gasteiger partial charge >= 0.3 is 5.97 Å². The summed E-state index contributed by atoms with van der Waals surface area (Å²) in [6, 6.07) is -0.629. The maximum absolute atomic E-state index is 12.5.